The first-order valence-corrected chi connectivity index (χ1v) is 8.06. The quantitative estimate of drug-likeness (QED) is 0.599. The van der Waals surface area contributed by atoms with Crippen molar-refractivity contribution in [3.8, 4) is 0 Å². The second-order valence-electron chi connectivity index (χ2n) is 5.83. The van der Waals surface area contributed by atoms with Gasteiger partial charge in [0.1, 0.15) is 0 Å². The first kappa shape index (κ1) is 17.2. The van der Waals surface area contributed by atoms with Gasteiger partial charge in [0.15, 0.2) is 0 Å². The largest absolute Gasteiger partial charge is 0.395 e. The number of hydrogen-bond acceptors (Lipinski definition) is 2. The molecule has 20 heavy (non-hydrogen) atoms. The number of rotatable bonds is 11. The third-order valence-corrected chi connectivity index (χ3v) is 4.25. The maximum Gasteiger partial charge on any atom is 0.0550 e. The maximum absolute atomic E-state index is 9.74. The van der Waals surface area contributed by atoms with Gasteiger partial charge in [-0.05, 0) is 12.0 Å². The van der Waals surface area contributed by atoms with Crippen LogP contribution in [0.25, 0.3) is 0 Å². The maximum atomic E-state index is 9.74. The van der Waals surface area contributed by atoms with E-state index in [4.69, 9.17) is 0 Å². The topological polar surface area (TPSA) is 40.5 Å². The van der Waals surface area contributed by atoms with Crippen LogP contribution in [-0.2, 0) is 5.41 Å². The number of unbranched alkanes of at least 4 members (excludes halogenated alkanes) is 6. The normalized spacial score (nSPS) is 11.8. The number of benzene rings is 1. The highest BCUT2D eigenvalue weighted by Crippen LogP contribution is 2.29. The molecule has 0 aliphatic carbocycles. The monoisotopic (exact) mass is 278 g/mol. The second kappa shape index (κ2) is 9.95. The molecule has 0 bridgehead atoms. The van der Waals surface area contributed by atoms with E-state index in [1.165, 1.54) is 38.5 Å². The first-order chi connectivity index (χ1) is 9.79. The van der Waals surface area contributed by atoms with Gasteiger partial charge in [-0.3, -0.25) is 0 Å². The van der Waals surface area contributed by atoms with Gasteiger partial charge in [-0.15, -0.1) is 0 Å². The Kier molecular flexibility index (Phi) is 8.56. The predicted octanol–water partition coefficient (Wildman–Crippen LogP) is 4.05. The van der Waals surface area contributed by atoms with Crippen LogP contribution in [0, 0.1) is 0 Å². The summed E-state index contributed by atoms with van der Waals surface area (Å²) in [7, 11) is 0. The summed E-state index contributed by atoms with van der Waals surface area (Å²) < 4.78 is 0. The van der Waals surface area contributed by atoms with Crippen LogP contribution in [0.4, 0.5) is 0 Å². The molecule has 0 fully saturated rings. The van der Waals surface area contributed by atoms with E-state index in [1.54, 1.807) is 0 Å². The smallest absolute Gasteiger partial charge is 0.0550 e. The van der Waals surface area contributed by atoms with Crippen LogP contribution < -0.4 is 0 Å². The van der Waals surface area contributed by atoms with Crippen molar-refractivity contribution in [3.63, 3.8) is 0 Å². The third kappa shape index (κ3) is 5.26. The van der Waals surface area contributed by atoms with E-state index in [9.17, 15) is 10.2 Å². The summed E-state index contributed by atoms with van der Waals surface area (Å²) >= 11 is 0. The lowest BCUT2D eigenvalue weighted by Gasteiger charge is -2.30. The zero-order chi connectivity index (χ0) is 14.7. The fourth-order valence-electron chi connectivity index (χ4n) is 2.75. The molecule has 2 heteroatoms. The zero-order valence-corrected chi connectivity index (χ0v) is 12.9. The van der Waals surface area contributed by atoms with Gasteiger partial charge in [0.05, 0.1) is 13.2 Å². The molecule has 1 aromatic carbocycles. The van der Waals surface area contributed by atoms with Gasteiger partial charge in [-0.25, -0.2) is 0 Å². The summed E-state index contributed by atoms with van der Waals surface area (Å²) in [6.45, 7) is 2.27. The first-order valence-electron chi connectivity index (χ1n) is 8.06. The standard InChI is InChI=1S/C18H30O2/c1-2-3-4-5-6-7-11-14-18(15-19,16-20)17-12-9-8-10-13-17/h8-10,12-13,19-20H,2-7,11,14-16H2,1H3. The van der Waals surface area contributed by atoms with Gasteiger partial charge in [-0.2, -0.15) is 0 Å². The van der Waals surface area contributed by atoms with E-state index in [2.05, 4.69) is 6.92 Å². The molecule has 0 saturated carbocycles. The average molecular weight is 278 g/mol. The Labute approximate surface area is 123 Å². The minimum Gasteiger partial charge on any atom is -0.395 e. The molecule has 2 nitrogen and oxygen atoms in total. The lowest BCUT2D eigenvalue weighted by Crippen LogP contribution is -2.34. The number of hydrogen-bond donors (Lipinski definition) is 2. The molecular formula is C18H30O2. The Morgan fingerprint density at radius 2 is 1.35 bits per heavy atom. The molecule has 0 atom stereocenters. The molecule has 0 aliphatic heterocycles. The van der Waals surface area contributed by atoms with Crippen LogP contribution in [0.15, 0.2) is 30.3 Å². The van der Waals surface area contributed by atoms with Crippen LogP contribution in [0.5, 0.6) is 0 Å². The molecular weight excluding hydrogens is 248 g/mol. The molecule has 0 amide bonds. The van der Waals surface area contributed by atoms with Crippen molar-refractivity contribution in [1.82, 2.24) is 0 Å². The predicted molar refractivity (Wildman–Crippen MR) is 84.9 cm³/mol. The summed E-state index contributed by atoms with van der Waals surface area (Å²) in [5, 5.41) is 19.5. The van der Waals surface area contributed by atoms with Crippen molar-refractivity contribution in [1.29, 1.82) is 0 Å². The van der Waals surface area contributed by atoms with Crippen LogP contribution in [-0.4, -0.2) is 23.4 Å². The molecule has 0 aliphatic rings. The highest BCUT2D eigenvalue weighted by Gasteiger charge is 2.30. The van der Waals surface area contributed by atoms with Crippen molar-refractivity contribution in [2.75, 3.05) is 13.2 Å². The summed E-state index contributed by atoms with van der Waals surface area (Å²) in [5.41, 5.74) is 0.584. The lowest BCUT2D eigenvalue weighted by atomic mass is 9.77. The highest BCUT2D eigenvalue weighted by atomic mass is 16.3. The Balaban J connectivity index is 2.40. The molecule has 0 spiro atoms. The Bertz CT molecular complexity index is 331. The van der Waals surface area contributed by atoms with Gasteiger partial charge in [0, 0.05) is 5.41 Å². The van der Waals surface area contributed by atoms with Crippen LogP contribution in [0.1, 0.15) is 63.9 Å². The molecule has 1 aromatic rings. The van der Waals surface area contributed by atoms with E-state index in [0.717, 1.165) is 18.4 Å². The van der Waals surface area contributed by atoms with E-state index >= 15 is 0 Å². The van der Waals surface area contributed by atoms with Gasteiger partial charge >= 0.3 is 0 Å². The molecule has 0 aromatic heterocycles. The minimum absolute atomic E-state index is 0.0172. The minimum atomic E-state index is -0.468. The molecule has 0 unspecified atom stereocenters. The van der Waals surface area contributed by atoms with E-state index < -0.39 is 5.41 Å². The fraction of sp³-hybridized carbons (Fsp3) is 0.667. The summed E-state index contributed by atoms with van der Waals surface area (Å²) in [5.74, 6) is 0. The zero-order valence-electron chi connectivity index (χ0n) is 12.9. The van der Waals surface area contributed by atoms with Gasteiger partial charge in [0.25, 0.3) is 0 Å². The lowest BCUT2D eigenvalue weighted by molar-refractivity contribution is 0.107. The Hall–Kier alpha value is -0.860. The average Bonchev–Trinajstić information content (AvgIpc) is 2.52. The number of aliphatic hydroxyl groups excluding tert-OH is 2. The number of aliphatic hydroxyl groups is 2. The van der Waals surface area contributed by atoms with Crippen LogP contribution in [0.3, 0.4) is 0 Å². The molecule has 114 valence electrons. The summed E-state index contributed by atoms with van der Waals surface area (Å²) in [6.07, 6.45) is 9.65. The summed E-state index contributed by atoms with van der Waals surface area (Å²) in [6, 6.07) is 9.93. The molecule has 2 N–H and O–H groups in total. The van der Waals surface area contributed by atoms with Crippen molar-refractivity contribution in [2.24, 2.45) is 0 Å². The summed E-state index contributed by atoms with van der Waals surface area (Å²) in [4.78, 5) is 0. The SMILES string of the molecule is CCCCCCCCCC(CO)(CO)c1ccccc1. The molecule has 0 radical (unpaired) electrons. The van der Waals surface area contributed by atoms with Crippen molar-refractivity contribution < 1.29 is 10.2 Å². The Morgan fingerprint density at radius 1 is 0.800 bits per heavy atom. The highest BCUT2D eigenvalue weighted by molar-refractivity contribution is 5.25. The van der Waals surface area contributed by atoms with E-state index in [1.807, 2.05) is 30.3 Å². The van der Waals surface area contributed by atoms with Crippen molar-refractivity contribution >= 4 is 0 Å². The molecule has 0 saturated heterocycles. The van der Waals surface area contributed by atoms with E-state index in [0.29, 0.717) is 0 Å². The Morgan fingerprint density at radius 3 is 1.90 bits per heavy atom. The molecule has 0 heterocycles. The fourth-order valence-corrected chi connectivity index (χ4v) is 2.75. The molecule has 1 rings (SSSR count). The van der Waals surface area contributed by atoms with Crippen molar-refractivity contribution in [2.45, 2.75) is 63.7 Å². The van der Waals surface area contributed by atoms with E-state index in [-0.39, 0.29) is 13.2 Å². The van der Waals surface area contributed by atoms with Crippen molar-refractivity contribution in [3.05, 3.63) is 35.9 Å². The van der Waals surface area contributed by atoms with Gasteiger partial charge in [0.2, 0.25) is 0 Å². The van der Waals surface area contributed by atoms with Crippen LogP contribution >= 0.6 is 0 Å². The van der Waals surface area contributed by atoms with Gasteiger partial charge in [-0.1, -0.05) is 82.2 Å². The second-order valence-corrected chi connectivity index (χ2v) is 5.83. The van der Waals surface area contributed by atoms with Crippen LogP contribution in [0.2, 0.25) is 0 Å². The third-order valence-electron chi connectivity index (χ3n) is 4.25. The van der Waals surface area contributed by atoms with Gasteiger partial charge < -0.3 is 10.2 Å².